The molecule has 0 bridgehead atoms. The molecule has 0 aliphatic heterocycles. The third-order valence-electron chi connectivity index (χ3n) is 4.04. The Labute approximate surface area is 141 Å². The Morgan fingerprint density at radius 2 is 2.09 bits per heavy atom. The number of aromatic nitrogens is 1. The van der Waals surface area contributed by atoms with E-state index in [1.807, 2.05) is 32.0 Å². The highest BCUT2D eigenvalue weighted by Gasteiger charge is 2.25. The van der Waals surface area contributed by atoms with Gasteiger partial charge in [-0.2, -0.15) is 0 Å². The highest BCUT2D eigenvalue weighted by Crippen LogP contribution is 2.22. The Morgan fingerprint density at radius 1 is 1.35 bits per heavy atom. The highest BCUT2D eigenvalue weighted by molar-refractivity contribution is 7.18. The van der Waals surface area contributed by atoms with Crippen LogP contribution in [0.15, 0.2) is 24.3 Å². The number of para-hydroxylation sites is 1. The fourth-order valence-corrected chi connectivity index (χ4v) is 3.00. The van der Waals surface area contributed by atoms with Crippen LogP contribution in [0.1, 0.15) is 32.2 Å². The Bertz CT molecular complexity index is 619. The van der Waals surface area contributed by atoms with Crippen LogP contribution in [-0.4, -0.2) is 34.8 Å². The Morgan fingerprint density at radius 3 is 2.78 bits per heavy atom. The van der Waals surface area contributed by atoms with Crippen molar-refractivity contribution in [3.05, 3.63) is 29.3 Å². The summed E-state index contributed by atoms with van der Waals surface area (Å²) in [6.45, 7) is 6.42. The van der Waals surface area contributed by atoms with Gasteiger partial charge < -0.3 is 15.7 Å². The summed E-state index contributed by atoms with van der Waals surface area (Å²) >= 11 is 1.70. The van der Waals surface area contributed by atoms with Gasteiger partial charge >= 0.3 is 6.03 Å². The minimum atomic E-state index is -0.891. The number of aryl methyl sites for hydroxylation is 1. The Hall–Kier alpha value is -1.66. The molecule has 1 atom stereocenters. The van der Waals surface area contributed by atoms with Crippen molar-refractivity contribution < 1.29 is 9.90 Å². The lowest BCUT2D eigenvalue weighted by Gasteiger charge is -2.27. The number of benzene rings is 1. The van der Waals surface area contributed by atoms with Crippen LogP contribution in [0, 0.1) is 5.92 Å². The first kappa shape index (κ1) is 17.7. The average Bonchev–Trinajstić information content (AvgIpc) is 2.92. The molecular weight excluding hydrogens is 310 g/mol. The third-order valence-corrected chi connectivity index (χ3v) is 5.14. The number of fused-ring (bicyclic) bond motifs is 1. The SMILES string of the molecule is CC(C)C(C)(O)CNC(=O)NCCCc1nc2ccccc2s1. The van der Waals surface area contributed by atoms with Crippen molar-refractivity contribution in [2.45, 2.75) is 39.2 Å². The quantitative estimate of drug-likeness (QED) is 0.681. The molecule has 0 saturated carbocycles. The summed E-state index contributed by atoms with van der Waals surface area (Å²) in [5, 5.41) is 16.7. The van der Waals surface area contributed by atoms with Crippen molar-refractivity contribution in [1.82, 2.24) is 15.6 Å². The number of thiazole rings is 1. The molecule has 1 aromatic carbocycles. The van der Waals surface area contributed by atoms with Gasteiger partial charge in [0, 0.05) is 19.5 Å². The second-order valence-electron chi connectivity index (χ2n) is 6.30. The van der Waals surface area contributed by atoms with Gasteiger partial charge in [-0.05, 0) is 31.4 Å². The van der Waals surface area contributed by atoms with Gasteiger partial charge in [0.25, 0.3) is 0 Å². The topological polar surface area (TPSA) is 74.2 Å². The zero-order chi connectivity index (χ0) is 16.9. The molecule has 3 N–H and O–H groups in total. The zero-order valence-corrected chi connectivity index (χ0v) is 14.7. The van der Waals surface area contributed by atoms with E-state index in [1.54, 1.807) is 18.3 Å². The van der Waals surface area contributed by atoms with Crippen LogP contribution in [0.4, 0.5) is 4.79 Å². The van der Waals surface area contributed by atoms with E-state index in [1.165, 1.54) is 4.70 Å². The second kappa shape index (κ2) is 7.75. The van der Waals surface area contributed by atoms with Crippen LogP contribution in [-0.2, 0) is 6.42 Å². The van der Waals surface area contributed by atoms with Crippen LogP contribution in [0.25, 0.3) is 10.2 Å². The fourth-order valence-electron chi connectivity index (χ4n) is 1.99. The fraction of sp³-hybridized carbons (Fsp3) is 0.529. The van der Waals surface area contributed by atoms with Gasteiger partial charge in [0.15, 0.2) is 0 Å². The Kier molecular flexibility index (Phi) is 5.96. The summed E-state index contributed by atoms with van der Waals surface area (Å²) in [7, 11) is 0. The predicted octanol–water partition coefficient (Wildman–Crippen LogP) is 2.94. The van der Waals surface area contributed by atoms with Gasteiger partial charge in [-0.3, -0.25) is 0 Å². The molecule has 1 heterocycles. The molecule has 6 heteroatoms. The van der Waals surface area contributed by atoms with Gasteiger partial charge in [-0.15, -0.1) is 11.3 Å². The maximum absolute atomic E-state index is 11.7. The number of nitrogens with one attached hydrogen (secondary N) is 2. The second-order valence-corrected chi connectivity index (χ2v) is 7.42. The number of rotatable bonds is 7. The maximum Gasteiger partial charge on any atom is 0.314 e. The Balaban J connectivity index is 1.68. The van der Waals surface area contributed by atoms with E-state index in [4.69, 9.17) is 0 Å². The normalized spacial score (nSPS) is 14.0. The molecule has 5 nitrogen and oxygen atoms in total. The van der Waals surface area contributed by atoms with Gasteiger partial charge in [-0.25, -0.2) is 9.78 Å². The molecule has 0 radical (unpaired) electrons. The minimum absolute atomic E-state index is 0.0850. The van der Waals surface area contributed by atoms with E-state index in [9.17, 15) is 9.90 Å². The number of carbonyl (C=O) groups is 1. The van der Waals surface area contributed by atoms with Gasteiger partial charge in [0.2, 0.25) is 0 Å². The van der Waals surface area contributed by atoms with Crippen LogP contribution >= 0.6 is 11.3 Å². The standard InChI is InChI=1S/C17H25N3O2S/c1-12(2)17(3,22)11-19-16(21)18-10-6-9-15-20-13-7-4-5-8-14(13)23-15/h4-5,7-8,12,22H,6,9-11H2,1-3H3,(H2,18,19,21). The molecule has 0 fully saturated rings. The molecule has 2 rings (SSSR count). The molecule has 2 amide bonds. The minimum Gasteiger partial charge on any atom is -0.388 e. The number of amides is 2. The van der Waals surface area contributed by atoms with Crippen LogP contribution < -0.4 is 10.6 Å². The van der Waals surface area contributed by atoms with Gasteiger partial charge in [0.1, 0.15) is 0 Å². The van der Waals surface area contributed by atoms with Crippen molar-refractivity contribution in [2.75, 3.05) is 13.1 Å². The van der Waals surface area contributed by atoms with E-state index >= 15 is 0 Å². The van der Waals surface area contributed by atoms with Crippen molar-refractivity contribution in [3.8, 4) is 0 Å². The third kappa shape index (κ3) is 5.18. The summed E-state index contributed by atoms with van der Waals surface area (Å²) in [5.74, 6) is 0.0850. The van der Waals surface area contributed by atoms with E-state index in [-0.39, 0.29) is 18.5 Å². The first-order valence-electron chi connectivity index (χ1n) is 7.97. The summed E-state index contributed by atoms with van der Waals surface area (Å²) < 4.78 is 1.20. The summed E-state index contributed by atoms with van der Waals surface area (Å²) in [5.41, 5.74) is 0.146. The van der Waals surface area contributed by atoms with Crippen molar-refractivity contribution in [3.63, 3.8) is 0 Å². The number of carbonyl (C=O) groups excluding carboxylic acids is 1. The van der Waals surface area contributed by atoms with Crippen LogP contribution in [0.3, 0.4) is 0 Å². The van der Waals surface area contributed by atoms with Crippen molar-refractivity contribution in [1.29, 1.82) is 0 Å². The number of hydrogen-bond donors (Lipinski definition) is 3. The molecule has 1 aromatic heterocycles. The summed E-state index contributed by atoms with van der Waals surface area (Å²) in [4.78, 5) is 16.3. The molecule has 0 aliphatic rings. The molecule has 0 saturated heterocycles. The van der Waals surface area contributed by atoms with Crippen LogP contribution in [0.2, 0.25) is 0 Å². The van der Waals surface area contributed by atoms with Gasteiger partial charge in [-0.1, -0.05) is 26.0 Å². The van der Waals surface area contributed by atoms with Gasteiger partial charge in [0.05, 0.1) is 20.8 Å². The van der Waals surface area contributed by atoms with E-state index in [0.717, 1.165) is 23.4 Å². The zero-order valence-electron chi connectivity index (χ0n) is 13.9. The van der Waals surface area contributed by atoms with E-state index < -0.39 is 5.60 Å². The van der Waals surface area contributed by atoms with E-state index in [0.29, 0.717) is 6.54 Å². The molecular formula is C17H25N3O2S. The molecule has 0 aliphatic carbocycles. The first-order valence-corrected chi connectivity index (χ1v) is 8.78. The number of urea groups is 1. The molecule has 1 unspecified atom stereocenters. The molecule has 126 valence electrons. The average molecular weight is 335 g/mol. The van der Waals surface area contributed by atoms with Crippen LogP contribution in [0.5, 0.6) is 0 Å². The lowest BCUT2D eigenvalue weighted by atomic mass is 9.93. The van der Waals surface area contributed by atoms with E-state index in [2.05, 4.69) is 21.7 Å². The monoisotopic (exact) mass is 335 g/mol. The summed E-state index contributed by atoms with van der Waals surface area (Å²) in [6, 6.07) is 7.85. The maximum atomic E-state index is 11.7. The first-order chi connectivity index (χ1) is 10.9. The van der Waals surface area contributed by atoms with Crippen molar-refractivity contribution in [2.24, 2.45) is 5.92 Å². The number of aliphatic hydroxyl groups is 1. The molecule has 0 spiro atoms. The number of hydrogen-bond acceptors (Lipinski definition) is 4. The lowest BCUT2D eigenvalue weighted by molar-refractivity contribution is 0.0166. The van der Waals surface area contributed by atoms with Crippen molar-refractivity contribution >= 4 is 27.6 Å². The largest absolute Gasteiger partial charge is 0.388 e. The lowest BCUT2D eigenvalue weighted by Crippen LogP contribution is -2.47. The highest BCUT2D eigenvalue weighted by atomic mass is 32.1. The predicted molar refractivity (Wildman–Crippen MR) is 94.8 cm³/mol. The number of nitrogens with zero attached hydrogens (tertiary/aromatic N) is 1. The summed E-state index contributed by atoms with van der Waals surface area (Å²) in [6.07, 6.45) is 1.69. The molecule has 2 aromatic rings. The smallest absolute Gasteiger partial charge is 0.314 e. The molecule has 23 heavy (non-hydrogen) atoms.